The topological polar surface area (TPSA) is 52.8 Å². The van der Waals surface area contributed by atoms with Crippen molar-refractivity contribution in [1.29, 1.82) is 0 Å². The summed E-state index contributed by atoms with van der Waals surface area (Å²) < 4.78 is 6.71. The van der Waals surface area contributed by atoms with Gasteiger partial charge in [-0.05, 0) is 54.1 Å². The fourth-order valence-corrected chi connectivity index (χ4v) is 2.27. The Hall–Kier alpha value is -2.21. The lowest BCUT2D eigenvalue weighted by molar-refractivity contribution is 0.280. The normalized spacial score (nSPS) is 10.6. The Bertz CT molecular complexity index is 755. The number of tetrazole rings is 1. The van der Waals surface area contributed by atoms with Crippen LogP contribution in [0.1, 0.15) is 5.56 Å². The largest absolute Gasteiger partial charge is 0.492 e. The van der Waals surface area contributed by atoms with Gasteiger partial charge >= 0.3 is 0 Å². The average molecular weight is 359 g/mol. The van der Waals surface area contributed by atoms with Crippen LogP contribution in [0.5, 0.6) is 5.75 Å². The molecule has 0 aliphatic carbocycles. The second-order valence-electron chi connectivity index (χ2n) is 4.88. The number of ether oxygens (including phenoxy) is 1. The van der Waals surface area contributed by atoms with E-state index in [0.29, 0.717) is 19.0 Å². The minimum Gasteiger partial charge on any atom is -0.492 e. The van der Waals surface area contributed by atoms with E-state index < -0.39 is 0 Å². The van der Waals surface area contributed by atoms with Crippen LogP contribution < -0.4 is 4.74 Å². The first-order chi connectivity index (χ1) is 10.7. The van der Waals surface area contributed by atoms with Crippen molar-refractivity contribution in [2.24, 2.45) is 0 Å². The molecule has 0 saturated carbocycles. The molecule has 0 unspecified atom stereocenters. The van der Waals surface area contributed by atoms with E-state index in [9.17, 15) is 0 Å². The van der Waals surface area contributed by atoms with E-state index in [1.165, 1.54) is 5.56 Å². The molecule has 0 aliphatic rings. The summed E-state index contributed by atoms with van der Waals surface area (Å²) in [6.07, 6.45) is 0. The third kappa shape index (κ3) is 3.71. The lowest BCUT2D eigenvalue weighted by Gasteiger charge is -2.05. The van der Waals surface area contributed by atoms with Crippen molar-refractivity contribution in [2.45, 2.75) is 13.5 Å². The molecule has 5 nitrogen and oxygen atoms in total. The van der Waals surface area contributed by atoms with E-state index in [2.05, 4.69) is 31.3 Å². The number of aryl methyl sites for hydroxylation is 1. The van der Waals surface area contributed by atoms with Crippen LogP contribution >= 0.6 is 15.9 Å². The van der Waals surface area contributed by atoms with Gasteiger partial charge < -0.3 is 4.74 Å². The summed E-state index contributed by atoms with van der Waals surface area (Å²) in [5.41, 5.74) is 2.11. The van der Waals surface area contributed by atoms with Gasteiger partial charge in [0.05, 0.1) is 6.54 Å². The van der Waals surface area contributed by atoms with Crippen LogP contribution in [-0.2, 0) is 6.54 Å². The molecule has 6 heteroatoms. The molecule has 0 amide bonds. The maximum atomic E-state index is 5.69. The standard InChI is InChI=1S/C16H15BrN4O/c1-12-3-2-4-15(11-12)22-10-9-21-19-16(18-20-21)13-5-7-14(17)8-6-13/h2-8,11H,9-10H2,1H3. The van der Waals surface area contributed by atoms with Crippen LogP contribution in [0.2, 0.25) is 0 Å². The zero-order valence-corrected chi connectivity index (χ0v) is 13.7. The Morgan fingerprint density at radius 3 is 2.73 bits per heavy atom. The van der Waals surface area contributed by atoms with Gasteiger partial charge in [-0.1, -0.05) is 28.1 Å². The Kier molecular flexibility index (Phi) is 4.48. The average Bonchev–Trinajstić information content (AvgIpc) is 2.97. The maximum Gasteiger partial charge on any atom is 0.204 e. The number of hydrogen-bond acceptors (Lipinski definition) is 4. The molecule has 0 spiro atoms. The van der Waals surface area contributed by atoms with Gasteiger partial charge in [0.15, 0.2) is 0 Å². The molecule has 1 aromatic heterocycles. The van der Waals surface area contributed by atoms with Gasteiger partial charge in [0, 0.05) is 10.0 Å². The van der Waals surface area contributed by atoms with E-state index >= 15 is 0 Å². The third-order valence-corrected chi connectivity index (χ3v) is 3.63. The number of hydrogen-bond donors (Lipinski definition) is 0. The quantitative estimate of drug-likeness (QED) is 0.700. The first-order valence-electron chi connectivity index (χ1n) is 6.94. The predicted octanol–water partition coefficient (Wildman–Crippen LogP) is 3.49. The second-order valence-corrected chi connectivity index (χ2v) is 5.80. The molecule has 112 valence electrons. The summed E-state index contributed by atoms with van der Waals surface area (Å²) in [7, 11) is 0. The van der Waals surface area contributed by atoms with E-state index in [1.54, 1.807) is 4.80 Å². The number of rotatable bonds is 5. The highest BCUT2D eigenvalue weighted by Gasteiger charge is 2.05. The lowest BCUT2D eigenvalue weighted by atomic mass is 10.2. The van der Waals surface area contributed by atoms with Crippen molar-refractivity contribution in [3.05, 3.63) is 58.6 Å². The third-order valence-electron chi connectivity index (χ3n) is 3.10. The van der Waals surface area contributed by atoms with E-state index in [-0.39, 0.29) is 0 Å². The van der Waals surface area contributed by atoms with E-state index in [0.717, 1.165) is 15.8 Å². The van der Waals surface area contributed by atoms with Gasteiger partial charge in [-0.2, -0.15) is 4.80 Å². The first-order valence-corrected chi connectivity index (χ1v) is 7.73. The van der Waals surface area contributed by atoms with Crippen molar-refractivity contribution < 1.29 is 4.74 Å². The van der Waals surface area contributed by atoms with Crippen LogP contribution in [-0.4, -0.2) is 26.8 Å². The van der Waals surface area contributed by atoms with E-state index in [4.69, 9.17) is 4.74 Å². The number of benzene rings is 2. The second kappa shape index (κ2) is 6.70. The van der Waals surface area contributed by atoms with Gasteiger partial charge in [0.1, 0.15) is 12.4 Å². The summed E-state index contributed by atoms with van der Waals surface area (Å²) in [6.45, 7) is 3.09. The molecule has 1 heterocycles. The first kappa shape index (κ1) is 14.7. The maximum absolute atomic E-state index is 5.69. The van der Waals surface area contributed by atoms with Crippen LogP contribution in [0.25, 0.3) is 11.4 Å². The molecule has 0 aliphatic heterocycles. The molecule has 0 radical (unpaired) electrons. The zero-order valence-electron chi connectivity index (χ0n) is 12.1. The lowest BCUT2D eigenvalue weighted by Crippen LogP contribution is -2.11. The minimum absolute atomic E-state index is 0.500. The molecule has 0 N–H and O–H groups in total. The van der Waals surface area contributed by atoms with Crippen LogP contribution in [0.15, 0.2) is 53.0 Å². The number of halogens is 1. The van der Waals surface area contributed by atoms with E-state index in [1.807, 2.05) is 55.5 Å². The van der Waals surface area contributed by atoms with Crippen molar-refractivity contribution >= 4 is 15.9 Å². The van der Waals surface area contributed by atoms with Crippen molar-refractivity contribution in [3.8, 4) is 17.1 Å². The summed E-state index contributed by atoms with van der Waals surface area (Å²) in [6, 6.07) is 15.8. The fraction of sp³-hybridized carbons (Fsp3) is 0.188. The number of nitrogens with zero attached hydrogens (tertiary/aromatic N) is 4. The molecular formula is C16H15BrN4O. The Labute approximate surface area is 137 Å². The van der Waals surface area contributed by atoms with Gasteiger partial charge in [-0.25, -0.2) is 0 Å². The predicted molar refractivity (Wildman–Crippen MR) is 87.6 cm³/mol. The molecular weight excluding hydrogens is 344 g/mol. The molecule has 3 rings (SSSR count). The van der Waals surface area contributed by atoms with Crippen molar-refractivity contribution in [2.75, 3.05) is 6.61 Å². The van der Waals surface area contributed by atoms with Crippen LogP contribution in [0.4, 0.5) is 0 Å². The van der Waals surface area contributed by atoms with Crippen LogP contribution in [0, 0.1) is 6.92 Å². The molecule has 3 aromatic rings. The Balaban J connectivity index is 1.59. The Morgan fingerprint density at radius 1 is 1.14 bits per heavy atom. The highest BCUT2D eigenvalue weighted by Crippen LogP contribution is 2.17. The highest BCUT2D eigenvalue weighted by atomic mass is 79.9. The van der Waals surface area contributed by atoms with Gasteiger partial charge in [-0.15, -0.1) is 10.2 Å². The van der Waals surface area contributed by atoms with Crippen LogP contribution in [0.3, 0.4) is 0 Å². The molecule has 2 aromatic carbocycles. The summed E-state index contributed by atoms with van der Waals surface area (Å²) in [5, 5.41) is 12.5. The molecule has 0 fully saturated rings. The molecule has 0 saturated heterocycles. The minimum atomic E-state index is 0.500. The van der Waals surface area contributed by atoms with Crippen molar-refractivity contribution in [3.63, 3.8) is 0 Å². The highest BCUT2D eigenvalue weighted by molar-refractivity contribution is 9.10. The number of aromatic nitrogens is 4. The van der Waals surface area contributed by atoms with Crippen molar-refractivity contribution in [1.82, 2.24) is 20.2 Å². The summed E-state index contributed by atoms with van der Waals surface area (Å²) >= 11 is 3.41. The smallest absolute Gasteiger partial charge is 0.204 e. The monoisotopic (exact) mass is 358 g/mol. The molecule has 22 heavy (non-hydrogen) atoms. The van der Waals surface area contributed by atoms with Gasteiger partial charge in [0.2, 0.25) is 5.82 Å². The summed E-state index contributed by atoms with van der Waals surface area (Å²) in [4.78, 5) is 1.55. The summed E-state index contributed by atoms with van der Waals surface area (Å²) in [5.74, 6) is 1.47. The molecule has 0 atom stereocenters. The SMILES string of the molecule is Cc1cccc(OCCn2nnc(-c3ccc(Br)cc3)n2)c1. The van der Waals surface area contributed by atoms with Gasteiger partial charge in [-0.3, -0.25) is 0 Å². The zero-order chi connectivity index (χ0) is 15.4. The fourth-order valence-electron chi connectivity index (χ4n) is 2.00. The molecule has 0 bridgehead atoms. The Morgan fingerprint density at radius 2 is 1.95 bits per heavy atom. The van der Waals surface area contributed by atoms with Gasteiger partial charge in [0.25, 0.3) is 0 Å².